The monoisotopic (exact) mass is 298 g/mol. The molecule has 114 valence electrons. The van der Waals surface area contributed by atoms with Gasteiger partial charge in [-0.1, -0.05) is 36.8 Å². The first-order valence-corrected chi connectivity index (χ1v) is 8.92. The predicted molar refractivity (Wildman–Crippen MR) is 84.5 cm³/mol. The first-order valence-electron chi connectivity index (χ1n) is 7.27. The van der Waals surface area contributed by atoms with Crippen molar-refractivity contribution in [1.29, 1.82) is 0 Å². The third kappa shape index (κ3) is 7.62. The molecule has 0 aromatic heterocycles. The fourth-order valence-corrected chi connectivity index (χ4v) is 3.15. The van der Waals surface area contributed by atoms with Gasteiger partial charge in [-0.15, -0.1) is 0 Å². The third-order valence-electron chi connectivity index (χ3n) is 3.08. The molecule has 0 aliphatic rings. The van der Waals surface area contributed by atoms with Gasteiger partial charge >= 0.3 is 0 Å². The lowest BCUT2D eigenvalue weighted by molar-refractivity contribution is 0.574. The van der Waals surface area contributed by atoms with Crippen LogP contribution in [0.25, 0.3) is 0 Å². The molecule has 1 rings (SSSR count). The smallest absolute Gasteiger partial charge is 0.211 e. The molecule has 0 saturated carbocycles. The molecule has 1 aromatic carbocycles. The van der Waals surface area contributed by atoms with Gasteiger partial charge in [0.2, 0.25) is 10.0 Å². The number of rotatable bonds is 10. The summed E-state index contributed by atoms with van der Waals surface area (Å²) < 4.78 is 26.2. The summed E-state index contributed by atoms with van der Waals surface area (Å²) >= 11 is 0. The molecule has 4 nitrogen and oxygen atoms in total. The van der Waals surface area contributed by atoms with Crippen molar-refractivity contribution in [3.05, 3.63) is 35.4 Å². The van der Waals surface area contributed by atoms with E-state index in [0.29, 0.717) is 13.0 Å². The number of sulfonamides is 1. The van der Waals surface area contributed by atoms with Gasteiger partial charge in [0.1, 0.15) is 0 Å². The van der Waals surface area contributed by atoms with E-state index in [2.05, 4.69) is 16.1 Å². The van der Waals surface area contributed by atoms with E-state index in [1.807, 2.05) is 32.0 Å². The number of aryl methyl sites for hydroxylation is 1. The zero-order chi connectivity index (χ0) is 14.8. The Morgan fingerprint density at radius 3 is 2.65 bits per heavy atom. The van der Waals surface area contributed by atoms with Crippen molar-refractivity contribution in [2.24, 2.45) is 0 Å². The van der Waals surface area contributed by atoms with E-state index in [-0.39, 0.29) is 5.75 Å². The van der Waals surface area contributed by atoms with Crippen molar-refractivity contribution >= 4 is 10.0 Å². The summed E-state index contributed by atoms with van der Waals surface area (Å²) in [4.78, 5) is 0. The molecule has 0 atom stereocenters. The van der Waals surface area contributed by atoms with Gasteiger partial charge in [0, 0.05) is 6.54 Å². The van der Waals surface area contributed by atoms with Gasteiger partial charge < -0.3 is 5.32 Å². The molecular weight excluding hydrogens is 272 g/mol. The van der Waals surface area contributed by atoms with Gasteiger partial charge in [-0.05, 0) is 44.8 Å². The summed E-state index contributed by atoms with van der Waals surface area (Å²) in [6, 6.07) is 8.15. The summed E-state index contributed by atoms with van der Waals surface area (Å²) in [5.41, 5.74) is 2.37. The zero-order valence-electron chi connectivity index (χ0n) is 12.5. The average molecular weight is 298 g/mol. The van der Waals surface area contributed by atoms with Crippen molar-refractivity contribution in [3.8, 4) is 0 Å². The molecule has 0 unspecified atom stereocenters. The normalized spacial score (nSPS) is 11.7. The minimum absolute atomic E-state index is 0.214. The van der Waals surface area contributed by atoms with Gasteiger partial charge in [-0.2, -0.15) is 0 Å². The van der Waals surface area contributed by atoms with Crippen molar-refractivity contribution in [1.82, 2.24) is 10.0 Å². The molecule has 20 heavy (non-hydrogen) atoms. The Balaban J connectivity index is 2.22. The van der Waals surface area contributed by atoms with E-state index in [0.717, 1.165) is 25.9 Å². The number of benzene rings is 1. The van der Waals surface area contributed by atoms with Crippen LogP contribution < -0.4 is 10.0 Å². The minimum Gasteiger partial charge on any atom is -0.317 e. The van der Waals surface area contributed by atoms with Crippen molar-refractivity contribution < 1.29 is 8.42 Å². The first kappa shape index (κ1) is 17.1. The fourth-order valence-electron chi connectivity index (χ4n) is 2.01. The zero-order valence-corrected chi connectivity index (χ0v) is 13.3. The van der Waals surface area contributed by atoms with Crippen LogP contribution in [-0.2, 0) is 16.4 Å². The molecule has 0 saturated heterocycles. The Kier molecular flexibility index (Phi) is 7.80. The van der Waals surface area contributed by atoms with Crippen molar-refractivity contribution in [2.75, 3.05) is 25.4 Å². The van der Waals surface area contributed by atoms with Crippen LogP contribution in [0.4, 0.5) is 0 Å². The lowest BCUT2D eigenvalue weighted by atomic mass is 10.1. The van der Waals surface area contributed by atoms with Gasteiger partial charge in [0.05, 0.1) is 5.75 Å². The lowest BCUT2D eigenvalue weighted by Gasteiger charge is -2.07. The summed E-state index contributed by atoms with van der Waals surface area (Å²) in [6.07, 6.45) is 2.33. The molecule has 0 heterocycles. The highest BCUT2D eigenvalue weighted by Crippen LogP contribution is 2.04. The molecule has 2 N–H and O–H groups in total. The van der Waals surface area contributed by atoms with Crippen molar-refractivity contribution in [2.45, 2.75) is 33.1 Å². The molecular formula is C15H26N2O2S. The van der Waals surface area contributed by atoms with E-state index < -0.39 is 10.0 Å². The number of unbranched alkanes of at least 4 members (excludes halogenated alkanes) is 1. The molecule has 0 radical (unpaired) electrons. The molecule has 0 amide bonds. The van der Waals surface area contributed by atoms with E-state index in [4.69, 9.17) is 0 Å². The molecule has 5 heteroatoms. The lowest BCUT2D eigenvalue weighted by Crippen LogP contribution is -2.28. The molecule has 0 aliphatic carbocycles. The van der Waals surface area contributed by atoms with E-state index in [1.54, 1.807) is 0 Å². The van der Waals surface area contributed by atoms with Gasteiger partial charge in [-0.25, -0.2) is 13.1 Å². The third-order valence-corrected chi connectivity index (χ3v) is 4.55. The molecule has 0 bridgehead atoms. The SMILES string of the molecule is CCNCCCCS(=O)(=O)NCCc1cccc(C)c1. The summed E-state index contributed by atoms with van der Waals surface area (Å²) in [5, 5.41) is 3.19. The largest absolute Gasteiger partial charge is 0.317 e. The van der Waals surface area contributed by atoms with Crippen LogP contribution in [0.5, 0.6) is 0 Å². The number of hydrogen-bond donors (Lipinski definition) is 2. The van der Waals surface area contributed by atoms with Gasteiger partial charge in [-0.3, -0.25) is 0 Å². The van der Waals surface area contributed by atoms with Crippen LogP contribution in [0, 0.1) is 6.92 Å². The van der Waals surface area contributed by atoms with E-state index in [1.165, 1.54) is 11.1 Å². The maximum Gasteiger partial charge on any atom is 0.211 e. The number of hydrogen-bond acceptors (Lipinski definition) is 3. The second kappa shape index (κ2) is 9.10. The van der Waals surface area contributed by atoms with Crippen molar-refractivity contribution in [3.63, 3.8) is 0 Å². The maximum atomic E-state index is 11.8. The highest BCUT2D eigenvalue weighted by Gasteiger charge is 2.08. The molecule has 0 fully saturated rings. The topological polar surface area (TPSA) is 58.2 Å². The summed E-state index contributed by atoms with van der Waals surface area (Å²) in [7, 11) is -3.13. The Bertz CT molecular complexity index is 486. The van der Waals surface area contributed by atoms with E-state index >= 15 is 0 Å². The van der Waals surface area contributed by atoms with Crippen LogP contribution in [0.15, 0.2) is 24.3 Å². The van der Waals surface area contributed by atoms with Crippen LogP contribution in [0.1, 0.15) is 30.9 Å². The van der Waals surface area contributed by atoms with Crippen LogP contribution >= 0.6 is 0 Å². The Morgan fingerprint density at radius 2 is 1.95 bits per heavy atom. The highest BCUT2D eigenvalue weighted by molar-refractivity contribution is 7.89. The van der Waals surface area contributed by atoms with Crippen LogP contribution in [-0.4, -0.2) is 33.8 Å². The van der Waals surface area contributed by atoms with Crippen LogP contribution in [0.2, 0.25) is 0 Å². The van der Waals surface area contributed by atoms with Gasteiger partial charge in [0.25, 0.3) is 0 Å². The Hall–Kier alpha value is -0.910. The molecule has 1 aromatic rings. The second-order valence-electron chi connectivity index (χ2n) is 5.01. The first-order chi connectivity index (χ1) is 9.53. The summed E-state index contributed by atoms with van der Waals surface area (Å²) in [6.45, 7) is 6.37. The van der Waals surface area contributed by atoms with Crippen LogP contribution in [0.3, 0.4) is 0 Å². The Labute approximate surface area is 123 Å². The average Bonchev–Trinajstić information content (AvgIpc) is 2.38. The standard InChI is InChI=1S/C15H26N2O2S/c1-3-16-10-4-5-12-20(18,19)17-11-9-15-8-6-7-14(2)13-15/h6-8,13,16-17H,3-5,9-12H2,1-2H3. The maximum absolute atomic E-state index is 11.8. The predicted octanol–water partition coefficient (Wildman–Crippen LogP) is 1.85. The van der Waals surface area contributed by atoms with E-state index in [9.17, 15) is 8.42 Å². The highest BCUT2D eigenvalue weighted by atomic mass is 32.2. The summed E-state index contributed by atoms with van der Waals surface area (Å²) in [5.74, 6) is 0.214. The van der Waals surface area contributed by atoms with Gasteiger partial charge in [0.15, 0.2) is 0 Å². The second-order valence-corrected chi connectivity index (χ2v) is 6.94. The Morgan fingerprint density at radius 1 is 1.15 bits per heavy atom. The minimum atomic E-state index is -3.13. The molecule has 0 spiro atoms. The quantitative estimate of drug-likeness (QED) is 0.648. The number of nitrogens with one attached hydrogen (secondary N) is 2. The molecule has 0 aliphatic heterocycles. The fraction of sp³-hybridized carbons (Fsp3) is 0.600.